The number of benzene rings is 2. The molecule has 0 heterocycles. The Bertz CT molecular complexity index is 843. The molecule has 0 unspecified atom stereocenters. The standard InChI is InChI=1S/C20H20ClNO5/c1-13-5-4-6-15(21)20(13)22-18(23)12-27-19(24)10-8-14-7-9-16(25-2)17(11-14)26-3/h4-11H,12H2,1-3H3,(H,22,23). The van der Waals surface area contributed by atoms with Gasteiger partial charge in [-0.3, -0.25) is 4.79 Å². The van der Waals surface area contributed by atoms with Gasteiger partial charge in [-0.1, -0.05) is 29.8 Å². The Morgan fingerprint density at radius 1 is 1.11 bits per heavy atom. The van der Waals surface area contributed by atoms with E-state index in [0.29, 0.717) is 22.2 Å². The second-order valence-electron chi connectivity index (χ2n) is 5.54. The fourth-order valence-electron chi connectivity index (χ4n) is 2.27. The van der Waals surface area contributed by atoms with Crippen LogP contribution in [0.5, 0.6) is 11.5 Å². The predicted molar refractivity (Wildman–Crippen MR) is 104 cm³/mol. The molecule has 0 aromatic heterocycles. The lowest BCUT2D eigenvalue weighted by Crippen LogP contribution is -2.20. The van der Waals surface area contributed by atoms with E-state index in [4.69, 9.17) is 25.8 Å². The van der Waals surface area contributed by atoms with Gasteiger partial charge < -0.3 is 19.5 Å². The SMILES string of the molecule is COc1ccc(C=CC(=O)OCC(=O)Nc2c(C)cccc2Cl)cc1OC. The Labute approximate surface area is 162 Å². The number of carbonyl (C=O) groups excluding carboxylic acids is 2. The minimum atomic E-state index is -0.643. The molecule has 0 saturated heterocycles. The van der Waals surface area contributed by atoms with Gasteiger partial charge in [0.25, 0.3) is 5.91 Å². The maximum atomic E-state index is 11.9. The van der Waals surface area contributed by atoms with Crippen LogP contribution in [0.2, 0.25) is 5.02 Å². The van der Waals surface area contributed by atoms with Crippen LogP contribution in [0.3, 0.4) is 0 Å². The van der Waals surface area contributed by atoms with Crippen LogP contribution in [0.15, 0.2) is 42.5 Å². The van der Waals surface area contributed by atoms with Crippen molar-refractivity contribution < 1.29 is 23.8 Å². The molecular weight excluding hydrogens is 370 g/mol. The van der Waals surface area contributed by atoms with Crippen molar-refractivity contribution in [1.82, 2.24) is 0 Å². The number of rotatable bonds is 7. The maximum absolute atomic E-state index is 11.9. The van der Waals surface area contributed by atoms with E-state index in [9.17, 15) is 9.59 Å². The first-order chi connectivity index (χ1) is 12.9. The zero-order valence-electron chi connectivity index (χ0n) is 15.2. The van der Waals surface area contributed by atoms with E-state index >= 15 is 0 Å². The third-order valence-corrected chi connectivity index (χ3v) is 3.97. The Morgan fingerprint density at radius 2 is 1.85 bits per heavy atom. The molecule has 2 rings (SSSR count). The topological polar surface area (TPSA) is 73.9 Å². The third kappa shape index (κ3) is 5.76. The van der Waals surface area contributed by atoms with E-state index in [1.165, 1.54) is 13.2 Å². The van der Waals surface area contributed by atoms with Gasteiger partial charge in [-0.25, -0.2) is 4.79 Å². The second-order valence-corrected chi connectivity index (χ2v) is 5.94. The number of hydrogen-bond acceptors (Lipinski definition) is 5. The number of carbonyl (C=O) groups is 2. The fourth-order valence-corrected chi connectivity index (χ4v) is 2.54. The number of para-hydroxylation sites is 1. The minimum absolute atomic E-state index is 0.417. The van der Waals surface area contributed by atoms with Crippen molar-refractivity contribution in [2.24, 2.45) is 0 Å². The van der Waals surface area contributed by atoms with Gasteiger partial charge in [-0.15, -0.1) is 0 Å². The summed E-state index contributed by atoms with van der Waals surface area (Å²) < 4.78 is 15.3. The van der Waals surface area contributed by atoms with Crippen molar-refractivity contribution in [3.63, 3.8) is 0 Å². The van der Waals surface area contributed by atoms with Crippen molar-refractivity contribution in [1.29, 1.82) is 0 Å². The third-order valence-electron chi connectivity index (χ3n) is 3.65. The van der Waals surface area contributed by atoms with Crippen molar-refractivity contribution in [2.75, 3.05) is 26.1 Å². The molecular formula is C20H20ClNO5. The average molecular weight is 390 g/mol. The highest BCUT2D eigenvalue weighted by molar-refractivity contribution is 6.33. The number of nitrogens with one attached hydrogen (secondary N) is 1. The highest BCUT2D eigenvalue weighted by atomic mass is 35.5. The molecule has 27 heavy (non-hydrogen) atoms. The number of ether oxygens (including phenoxy) is 3. The van der Waals surface area contributed by atoms with Crippen LogP contribution < -0.4 is 14.8 Å². The largest absolute Gasteiger partial charge is 0.493 e. The summed E-state index contributed by atoms with van der Waals surface area (Å²) in [7, 11) is 3.07. The van der Waals surface area contributed by atoms with Gasteiger partial charge in [-0.05, 0) is 42.3 Å². The summed E-state index contributed by atoms with van der Waals surface area (Å²) in [6.45, 7) is 1.40. The molecule has 0 fully saturated rings. The van der Waals surface area contributed by atoms with E-state index in [0.717, 1.165) is 11.1 Å². The Kier molecular flexibility index (Phi) is 7.25. The predicted octanol–water partition coefficient (Wildman–Crippen LogP) is 3.86. The molecule has 1 N–H and O–H groups in total. The van der Waals surface area contributed by atoms with Crippen LogP contribution in [-0.4, -0.2) is 32.7 Å². The van der Waals surface area contributed by atoms with Gasteiger partial charge in [0.15, 0.2) is 18.1 Å². The molecule has 0 aliphatic heterocycles. The van der Waals surface area contributed by atoms with E-state index in [2.05, 4.69) is 5.32 Å². The average Bonchev–Trinajstić information content (AvgIpc) is 2.67. The van der Waals surface area contributed by atoms with Crippen LogP contribution in [0, 0.1) is 6.92 Å². The van der Waals surface area contributed by atoms with Crippen LogP contribution in [0.1, 0.15) is 11.1 Å². The Morgan fingerprint density at radius 3 is 2.52 bits per heavy atom. The van der Waals surface area contributed by atoms with Crippen LogP contribution in [0.25, 0.3) is 6.08 Å². The first-order valence-electron chi connectivity index (χ1n) is 8.06. The summed E-state index contributed by atoms with van der Waals surface area (Å²) in [6, 6.07) is 10.5. The molecule has 0 bridgehead atoms. The lowest BCUT2D eigenvalue weighted by Gasteiger charge is -2.10. The van der Waals surface area contributed by atoms with Gasteiger partial charge >= 0.3 is 5.97 Å². The van der Waals surface area contributed by atoms with Gasteiger partial charge in [0.05, 0.1) is 24.9 Å². The van der Waals surface area contributed by atoms with Crippen molar-refractivity contribution in [3.05, 3.63) is 58.6 Å². The molecule has 2 aromatic rings. The van der Waals surface area contributed by atoms with Crippen LogP contribution >= 0.6 is 11.6 Å². The summed E-state index contributed by atoms with van der Waals surface area (Å²) >= 11 is 6.05. The summed E-state index contributed by atoms with van der Waals surface area (Å²) in [4.78, 5) is 23.8. The molecule has 142 valence electrons. The number of amides is 1. The van der Waals surface area contributed by atoms with Crippen LogP contribution in [0.4, 0.5) is 5.69 Å². The van der Waals surface area contributed by atoms with E-state index in [-0.39, 0.29) is 0 Å². The molecule has 0 aliphatic rings. The maximum Gasteiger partial charge on any atom is 0.331 e. The number of methoxy groups -OCH3 is 2. The zero-order valence-corrected chi connectivity index (χ0v) is 16.0. The summed E-state index contributed by atoms with van der Waals surface area (Å²) in [5, 5.41) is 3.05. The number of aryl methyl sites for hydroxylation is 1. The van der Waals surface area contributed by atoms with Gasteiger partial charge in [0.1, 0.15) is 0 Å². The van der Waals surface area contributed by atoms with Crippen molar-refractivity contribution in [2.45, 2.75) is 6.92 Å². The van der Waals surface area contributed by atoms with Gasteiger partial charge in [0, 0.05) is 6.08 Å². The van der Waals surface area contributed by atoms with Gasteiger partial charge in [0.2, 0.25) is 0 Å². The highest BCUT2D eigenvalue weighted by Gasteiger charge is 2.10. The molecule has 6 nitrogen and oxygen atoms in total. The second kappa shape index (κ2) is 9.64. The molecule has 0 aliphatic carbocycles. The molecule has 7 heteroatoms. The van der Waals surface area contributed by atoms with E-state index in [1.807, 2.05) is 13.0 Å². The molecule has 0 radical (unpaired) electrons. The number of esters is 1. The summed E-state index contributed by atoms with van der Waals surface area (Å²) in [5.74, 6) is 0.0150. The lowest BCUT2D eigenvalue weighted by molar-refractivity contribution is -0.142. The Hall–Kier alpha value is -2.99. The Balaban J connectivity index is 1.90. The van der Waals surface area contributed by atoms with E-state index in [1.54, 1.807) is 43.5 Å². The zero-order chi connectivity index (χ0) is 19.8. The monoisotopic (exact) mass is 389 g/mol. The van der Waals surface area contributed by atoms with Crippen molar-refractivity contribution in [3.8, 4) is 11.5 Å². The van der Waals surface area contributed by atoms with Crippen molar-refractivity contribution >= 4 is 35.2 Å². The van der Waals surface area contributed by atoms with Gasteiger partial charge in [-0.2, -0.15) is 0 Å². The highest BCUT2D eigenvalue weighted by Crippen LogP contribution is 2.28. The minimum Gasteiger partial charge on any atom is -0.493 e. The normalized spacial score (nSPS) is 10.5. The number of hydrogen-bond donors (Lipinski definition) is 1. The number of halogens is 1. The van der Waals surface area contributed by atoms with E-state index < -0.39 is 18.5 Å². The molecule has 1 amide bonds. The molecule has 0 atom stereocenters. The summed E-state index contributed by atoms with van der Waals surface area (Å²) in [6.07, 6.45) is 2.79. The quantitative estimate of drug-likeness (QED) is 0.575. The summed E-state index contributed by atoms with van der Waals surface area (Å²) in [5.41, 5.74) is 2.04. The first kappa shape index (κ1) is 20.3. The first-order valence-corrected chi connectivity index (χ1v) is 8.44. The number of anilines is 1. The molecule has 2 aromatic carbocycles. The fraction of sp³-hybridized carbons (Fsp3) is 0.200. The lowest BCUT2D eigenvalue weighted by atomic mass is 10.2. The molecule has 0 saturated carbocycles. The smallest absolute Gasteiger partial charge is 0.331 e. The molecule has 0 spiro atoms. The van der Waals surface area contributed by atoms with Crippen LogP contribution in [-0.2, 0) is 14.3 Å².